The van der Waals surface area contributed by atoms with Crippen LogP contribution in [0.25, 0.3) is 99.2 Å². The van der Waals surface area contributed by atoms with E-state index in [1.807, 2.05) is 12.1 Å². The van der Waals surface area contributed by atoms with E-state index in [0.29, 0.717) is 0 Å². The largest absolute Gasteiger partial charge is 0.456 e. The fraction of sp³-hybridized carbons (Fsp3) is 0.0141. The van der Waals surface area contributed by atoms with Crippen molar-refractivity contribution >= 4 is 71.7 Å². The molecule has 346 valence electrons. The molecule has 1 aliphatic rings. The van der Waals surface area contributed by atoms with Crippen LogP contribution in [0, 0.1) is 0 Å². The molecular formula is C71H45NO2. The van der Waals surface area contributed by atoms with Gasteiger partial charge in [-0.1, -0.05) is 212 Å². The van der Waals surface area contributed by atoms with Gasteiger partial charge in [-0.15, -0.1) is 0 Å². The maximum Gasteiger partial charge on any atom is 0.143 e. The molecule has 3 heteroatoms. The molecule has 0 N–H and O–H groups in total. The van der Waals surface area contributed by atoms with E-state index in [2.05, 4.69) is 266 Å². The van der Waals surface area contributed by atoms with Gasteiger partial charge in [0, 0.05) is 49.6 Å². The van der Waals surface area contributed by atoms with E-state index in [9.17, 15) is 0 Å². The second-order valence-corrected chi connectivity index (χ2v) is 19.5. The Morgan fingerprint density at radius 2 is 0.797 bits per heavy atom. The summed E-state index contributed by atoms with van der Waals surface area (Å²) in [6.07, 6.45) is 0. The molecule has 2 aromatic heterocycles. The first kappa shape index (κ1) is 42.0. The van der Waals surface area contributed by atoms with Gasteiger partial charge in [-0.05, 0) is 127 Å². The maximum absolute atomic E-state index is 6.79. The van der Waals surface area contributed by atoms with Crippen molar-refractivity contribution in [2.24, 2.45) is 0 Å². The molecule has 0 atom stereocenters. The number of rotatable bonds is 8. The summed E-state index contributed by atoms with van der Waals surface area (Å²) in [5, 5.41) is 6.79. The zero-order chi connectivity index (χ0) is 48.7. The third-order valence-electron chi connectivity index (χ3n) is 15.6. The van der Waals surface area contributed by atoms with Crippen molar-refractivity contribution in [2.75, 3.05) is 4.90 Å². The number of anilines is 3. The van der Waals surface area contributed by atoms with E-state index in [1.54, 1.807) is 0 Å². The molecule has 12 aromatic carbocycles. The summed E-state index contributed by atoms with van der Waals surface area (Å²) < 4.78 is 13.0. The Balaban J connectivity index is 0.847. The molecule has 74 heavy (non-hydrogen) atoms. The molecule has 0 radical (unpaired) electrons. The van der Waals surface area contributed by atoms with E-state index in [4.69, 9.17) is 8.83 Å². The van der Waals surface area contributed by atoms with Crippen LogP contribution in [0.5, 0.6) is 0 Å². The summed E-state index contributed by atoms with van der Waals surface area (Å²) >= 11 is 0. The molecule has 0 aliphatic heterocycles. The van der Waals surface area contributed by atoms with Crippen molar-refractivity contribution in [2.45, 2.75) is 5.41 Å². The van der Waals surface area contributed by atoms with Crippen LogP contribution < -0.4 is 4.90 Å². The van der Waals surface area contributed by atoms with E-state index >= 15 is 0 Å². The SMILES string of the molecule is c1ccc(C2(c3ccccc3)c3ccccc3-c3c(-c4ccc(N(c5ccc(-c6ccc7oc8ccccc8c7c6)cc5)c5ccc(-c6cccc7c6oc6c8ccccc8ccc76)cc5)cc4)cccc32)cc1. The molecule has 0 bridgehead atoms. The lowest BCUT2D eigenvalue weighted by Gasteiger charge is -2.34. The molecule has 15 rings (SSSR count). The highest BCUT2D eigenvalue weighted by atomic mass is 16.3. The predicted octanol–water partition coefficient (Wildman–Crippen LogP) is 19.5. The van der Waals surface area contributed by atoms with Gasteiger partial charge in [0.1, 0.15) is 22.3 Å². The third kappa shape index (κ3) is 6.40. The fourth-order valence-electron chi connectivity index (χ4n) is 12.2. The van der Waals surface area contributed by atoms with Crippen molar-refractivity contribution in [1.82, 2.24) is 0 Å². The zero-order valence-electron chi connectivity index (χ0n) is 40.2. The summed E-state index contributed by atoms with van der Waals surface area (Å²) in [4.78, 5) is 2.36. The van der Waals surface area contributed by atoms with Gasteiger partial charge in [-0.25, -0.2) is 0 Å². The number of hydrogen-bond donors (Lipinski definition) is 0. The Morgan fingerprint density at radius 3 is 1.53 bits per heavy atom. The highest BCUT2D eigenvalue weighted by Crippen LogP contribution is 2.58. The number of furan rings is 2. The molecular weight excluding hydrogens is 899 g/mol. The first-order valence-corrected chi connectivity index (χ1v) is 25.4. The molecule has 0 spiro atoms. The van der Waals surface area contributed by atoms with E-state index in [0.717, 1.165) is 94.1 Å². The van der Waals surface area contributed by atoms with Crippen LogP contribution in [0.1, 0.15) is 22.3 Å². The summed E-state index contributed by atoms with van der Waals surface area (Å²) in [6, 6.07) is 99.0. The number of hydrogen-bond acceptors (Lipinski definition) is 3. The third-order valence-corrected chi connectivity index (χ3v) is 15.6. The van der Waals surface area contributed by atoms with Gasteiger partial charge in [-0.2, -0.15) is 0 Å². The van der Waals surface area contributed by atoms with Gasteiger partial charge in [0.25, 0.3) is 0 Å². The highest BCUT2D eigenvalue weighted by Gasteiger charge is 2.46. The zero-order valence-corrected chi connectivity index (χ0v) is 40.2. The standard InChI is InChI=1S/C71H45NO2/c1-3-16-51(17-4-1)71(52-18-5-2-6-19-52)64-26-11-9-22-62(64)68-56(23-14-27-65(68)71)48-31-39-54(40-32-48)72(53-37-29-46(30-38-53)50-36-44-67-63(45-50)59-21-10-12-28-66(59)73-67)55-41-33-49(34-42-55)58-24-13-25-60-61-43-35-47-15-7-8-20-57(47)70(61)74-69(58)60/h1-45H. The Labute approximate surface area is 428 Å². The summed E-state index contributed by atoms with van der Waals surface area (Å²) in [5.74, 6) is 0. The smallest absolute Gasteiger partial charge is 0.143 e. The lowest BCUT2D eigenvalue weighted by Crippen LogP contribution is -2.28. The van der Waals surface area contributed by atoms with Gasteiger partial charge in [0.2, 0.25) is 0 Å². The molecule has 0 saturated carbocycles. The molecule has 1 aliphatic carbocycles. The minimum Gasteiger partial charge on any atom is -0.456 e. The van der Waals surface area contributed by atoms with Gasteiger partial charge in [0.15, 0.2) is 0 Å². The molecule has 0 saturated heterocycles. The normalized spacial score (nSPS) is 12.7. The number of para-hydroxylation sites is 2. The average molecular weight is 944 g/mol. The van der Waals surface area contributed by atoms with Gasteiger partial charge < -0.3 is 13.7 Å². The number of nitrogens with zero attached hydrogens (tertiary/aromatic N) is 1. The van der Waals surface area contributed by atoms with Crippen molar-refractivity contribution in [3.8, 4) is 44.5 Å². The fourth-order valence-corrected chi connectivity index (χ4v) is 12.2. The molecule has 3 nitrogen and oxygen atoms in total. The van der Waals surface area contributed by atoms with Crippen molar-refractivity contribution in [1.29, 1.82) is 0 Å². The predicted molar refractivity (Wildman–Crippen MR) is 307 cm³/mol. The van der Waals surface area contributed by atoms with Gasteiger partial charge >= 0.3 is 0 Å². The molecule has 0 fully saturated rings. The summed E-state index contributed by atoms with van der Waals surface area (Å²) in [5.41, 5.74) is 20.8. The van der Waals surface area contributed by atoms with E-state index in [1.165, 1.54) is 44.3 Å². The second-order valence-electron chi connectivity index (χ2n) is 19.5. The average Bonchev–Trinajstić information content (AvgIpc) is 4.15. The minimum absolute atomic E-state index is 0.470. The van der Waals surface area contributed by atoms with Crippen LogP contribution in [-0.2, 0) is 5.41 Å². The molecule has 0 amide bonds. The quantitative estimate of drug-likeness (QED) is 0.152. The Hall–Kier alpha value is -9.70. The lowest BCUT2D eigenvalue weighted by atomic mass is 9.67. The van der Waals surface area contributed by atoms with Crippen molar-refractivity contribution in [3.05, 3.63) is 295 Å². The Kier molecular flexibility index (Phi) is 9.48. The van der Waals surface area contributed by atoms with Crippen LogP contribution in [0.4, 0.5) is 17.1 Å². The van der Waals surface area contributed by atoms with E-state index in [-0.39, 0.29) is 0 Å². The van der Waals surface area contributed by atoms with Gasteiger partial charge in [0.05, 0.1) is 5.41 Å². The van der Waals surface area contributed by atoms with Crippen molar-refractivity contribution < 1.29 is 8.83 Å². The Bertz CT molecular complexity index is 4410. The van der Waals surface area contributed by atoms with Crippen molar-refractivity contribution in [3.63, 3.8) is 0 Å². The summed E-state index contributed by atoms with van der Waals surface area (Å²) in [7, 11) is 0. The van der Waals surface area contributed by atoms with Crippen LogP contribution in [-0.4, -0.2) is 0 Å². The Morgan fingerprint density at radius 1 is 0.284 bits per heavy atom. The monoisotopic (exact) mass is 943 g/mol. The maximum atomic E-state index is 6.79. The van der Waals surface area contributed by atoms with Gasteiger partial charge in [-0.3, -0.25) is 0 Å². The molecule has 2 heterocycles. The van der Waals surface area contributed by atoms with Crippen LogP contribution in [0.2, 0.25) is 0 Å². The van der Waals surface area contributed by atoms with Crippen LogP contribution >= 0.6 is 0 Å². The first-order chi connectivity index (χ1) is 36.7. The van der Waals surface area contributed by atoms with Crippen LogP contribution in [0.15, 0.2) is 282 Å². The first-order valence-electron chi connectivity index (χ1n) is 25.4. The molecule has 0 unspecified atom stereocenters. The number of fused-ring (bicyclic) bond motifs is 11. The lowest BCUT2D eigenvalue weighted by molar-refractivity contribution is 0.669. The van der Waals surface area contributed by atoms with E-state index < -0.39 is 5.41 Å². The second kappa shape index (κ2) is 16.7. The minimum atomic E-state index is -0.470. The highest BCUT2D eigenvalue weighted by molar-refractivity contribution is 6.17. The summed E-state index contributed by atoms with van der Waals surface area (Å²) in [6.45, 7) is 0. The number of benzene rings is 12. The molecule has 14 aromatic rings. The van der Waals surface area contributed by atoms with Crippen LogP contribution in [0.3, 0.4) is 0 Å². The topological polar surface area (TPSA) is 29.5 Å².